The van der Waals surface area contributed by atoms with Crippen LogP contribution in [0.1, 0.15) is 25.7 Å². The average molecular weight is 302 g/mol. The molecule has 8 unspecified atom stereocenters. The van der Waals surface area contributed by atoms with Gasteiger partial charge in [-0.2, -0.15) is 0 Å². The van der Waals surface area contributed by atoms with Crippen LogP contribution in [0.25, 0.3) is 0 Å². The zero-order valence-corrected chi connectivity index (χ0v) is 11.6. The van der Waals surface area contributed by atoms with Crippen molar-refractivity contribution in [3.63, 3.8) is 0 Å². The van der Waals surface area contributed by atoms with Gasteiger partial charge < -0.3 is 30.3 Å². The Kier molecular flexibility index (Phi) is 3.96. The van der Waals surface area contributed by atoms with E-state index in [0.29, 0.717) is 0 Å². The molecule has 7 heteroatoms. The fourth-order valence-electron chi connectivity index (χ4n) is 4.45. The van der Waals surface area contributed by atoms with Crippen LogP contribution >= 0.6 is 0 Å². The van der Waals surface area contributed by atoms with Crippen molar-refractivity contribution in [3.05, 3.63) is 0 Å². The van der Waals surface area contributed by atoms with Crippen molar-refractivity contribution in [1.29, 1.82) is 0 Å². The van der Waals surface area contributed by atoms with Gasteiger partial charge in [0.05, 0.1) is 42.5 Å². The quantitative estimate of drug-likeness (QED) is 0.408. The van der Waals surface area contributed by atoms with E-state index in [9.17, 15) is 30.3 Å². The Morgan fingerprint density at radius 2 is 1.24 bits per heavy atom. The number of fused-ring (bicyclic) bond motifs is 2. The zero-order chi connectivity index (χ0) is 15.3. The summed E-state index contributed by atoms with van der Waals surface area (Å²) >= 11 is 0. The molecule has 1 aliphatic heterocycles. The van der Waals surface area contributed by atoms with Crippen molar-refractivity contribution in [2.45, 2.75) is 62.3 Å². The molecule has 0 aromatic rings. The molecule has 0 aromatic heterocycles. The molecule has 7 nitrogen and oxygen atoms in total. The molecule has 3 rings (SSSR count). The topological polar surface area (TPSA) is 127 Å². The predicted octanol–water partition coefficient (Wildman–Crippen LogP) is -1.28. The van der Waals surface area contributed by atoms with Gasteiger partial charge in [-0.05, 0) is 25.7 Å². The number of hydrogen-bond acceptors (Lipinski definition) is 6. The predicted molar refractivity (Wildman–Crippen MR) is 69.3 cm³/mol. The van der Waals surface area contributed by atoms with Gasteiger partial charge in [-0.3, -0.25) is 4.79 Å². The minimum absolute atomic E-state index is 0.129. The molecule has 2 saturated carbocycles. The molecule has 0 amide bonds. The van der Waals surface area contributed by atoms with Gasteiger partial charge in [0.2, 0.25) is 0 Å². The lowest BCUT2D eigenvalue weighted by Gasteiger charge is -2.53. The molecule has 3 aliphatic rings. The molecule has 0 radical (unpaired) electrons. The van der Waals surface area contributed by atoms with E-state index in [1.165, 1.54) is 0 Å². The standard InChI is InChI=1S/C14H22O7/c15-5-1-7(17)11-9(3-5)21-10-4-6(16)2-8(18)12(10)13(11)14(19)20/h5-13,15-18H,1-4H2,(H,19,20). The highest BCUT2D eigenvalue weighted by molar-refractivity contribution is 5.71. The van der Waals surface area contributed by atoms with E-state index in [0.717, 1.165) is 0 Å². The lowest BCUT2D eigenvalue weighted by Crippen LogP contribution is -2.62. The van der Waals surface area contributed by atoms with E-state index in [1.807, 2.05) is 0 Å². The van der Waals surface area contributed by atoms with Crippen LogP contribution in [0.3, 0.4) is 0 Å². The summed E-state index contributed by atoms with van der Waals surface area (Å²) in [6, 6.07) is 0. The second-order valence-electron chi connectivity index (χ2n) is 6.62. The average Bonchev–Trinajstić information content (AvgIpc) is 2.35. The summed E-state index contributed by atoms with van der Waals surface area (Å²) in [7, 11) is 0. The number of ether oxygens (including phenoxy) is 1. The second kappa shape index (κ2) is 5.48. The van der Waals surface area contributed by atoms with Gasteiger partial charge in [-0.15, -0.1) is 0 Å². The Balaban J connectivity index is 1.92. The number of carboxylic acids is 1. The maximum atomic E-state index is 11.7. The van der Waals surface area contributed by atoms with Crippen molar-refractivity contribution in [1.82, 2.24) is 0 Å². The van der Waals surface area contributed by atoms with Crippen LogP contribution < -0.4 is 0 Å². The molecular formula is C14H22O7. The van der Waals surface area contributed by atoms with Crippen LogP contribution in [0.15, 0.2) is 0 Å². The SMILES string of the molecule is O=C(O)C1C2C(O)CC(O)CC2OC2CC(O)CC(O)C21. The smallest absolute Gasteiger partial charge is 0.307 e. The van der Waals surface area contributed by atoms with E-state index in [1.54, 1.807) is 0 Å². The van der Waals surface area contributed by atoms with Crippen LogP contribution in [0.5, 0.6) is 0 Å². The maximum Gasteiger partial charge on any atom is 0.307 e. The summed E-state index contributed by atoms with van der Waals surface area (Å²) in [5.41, 5.74) is 0. The first-order chi connectivity index (χ1) is 9.88. The van der Waals surface area contributed by atoms with Crippen LogP contribution in [0, 0.1) is 17.8 Å². The Labute approximate surface area is 122 Å². The molecule has 21 heavy (non-hydrogen) atoms. The van der Waals surface area contributed by atoms with Gasteiger partial charge in [0.15, 0.2) is 0 Å². The largest absolute Gasteiger partial charge is 0.481 e. The fourth-order valence-corrected chi connectivity index (χ4v) is 4.45. The molecule has 1 heterocycles. The number of aliphatic hydroxyl groups excluding tert-OH is 4. The van der Waals surface area contributed by atoms with Crippen LogP contribution in [-0.2, 0) is 9.53 Å². The minimum Gasteiger partial charge on any atom is -0.481 e. The Hall–Kier alpha value is -0.730. The fraction of sp³-hybridized carbons (Fsp3) is 0.929. The van der Waals surface area contributed by atoms with Gasteiger partial charge in [-0.25, -0.2) is 0 Å². The third kappa shape index (κ3) is 2.57. The maximum absolute atomic E-state index is 11.7. The van der Waals surface area contributed by atoms with Crippen LogP contribution in [0.2, 0.25) is 0 Å². The van der Waals surface area contributed by atoms with E-state index in [2.05, 4.69) is 0 Å². The highest BCUT2D eigenvalue weighted by atomic mass is 16.5. The number of hydrogen-bond donors (Lipinski definition) is 5. The Morgan fingerprint density at radius 3 is 1.62 bits per heavy atom. The summed E-state index contributed by atoms with van der Waals surface area (Å²) in [6.07, 6.45) is -3.64. The summed E-state index contributed by atoms with van der Waals surface area (Å²) in [5.74, 6) is -3.23. The van der Waals surface area contributed by atoms with Gasteiger partial charge >= 0.3 is 5.97 Å². The molecule has 0 aromatic carbocycles. The lowest BCUT2D eigenvalue weighted by atomic mass is 9.62. The number of rotatable bonds is 1. The Bertz CT molecular complexity index is 384. The van der Waals surface area contributed by atoms with Crippen LogP contribution in [-0.4, -0.2) is 68.1 Å². The number of carbonyl (C=O) groups is 1. The third-order valence-electron chi connectivity index (χ3n) is 5.25. The van der Waals surface area contributed by atoms with E-state index < -0.39 is 60.3 Å². The molecular weight excluding hydrogens is 280 g/mol. The molecule has 0 bridgehead atoms. The number of aliphatic carboxylic acids is 1. The molecule has 3 fully saturated rings. The summed E-state index contributed by atoms with van der Waals surface area (Å²) in [4.78, 5) is 11.7. The van der Waals surface area contributed by atoms with Crippen molar-refractivity contribution >= 4 is 5.97 Å². The molecule has 0 spiro atoms. The third-order valence-corrected chi connectivity index (χ3v) is 5.25. The number of carboxylic acid groups (broad SMARTS) is 1. The zero-order valence-electron chi connectivity index (χ0n) is 11.6. The second-order valence-corrected chi connectivity index (χ2v) is 6.62. The van der Waals surface area contributed by atoms with E-state index in [4.69, 9.17) is 4.74 Å². The summed E-state index contributed by atoms with van der Waals surface area (Å²) in [6.45, 7) is 0. The molecule has 120 valence electrons. The van der Waals surface area contributed by atoms with E-state index in [-0.39, 0.29) is 25.7 Å². The molecule has 5 N–H and O–H groups in total. The van der Waals surface area contributed by atoms with Crippen molar-refractivity contribution in [3.8, 4) is 0 Å². The van der Waals surface area contributed by atoms with Crippen molar-refractivity contribution in [2.24, 2.45) is 17.8 Å². The van der Waals surface area contributed by atoms with Gasteiger partial charge in [0.25, 0.3) is 0 Å². The molecule has 1 saturated heterocycles. The monoisotopic (exact) mass is 302 g/mol. The molecule has 8 atom stereocenters. The lowest BCUT2D eigenvalue weighted by molar-refractivity contribution is -0.241. The normalized spacial score (nSPS) is 53.6. The summed E-state index contributed by atoms with van der Waals surface area (Å²) in [5, 5.41) is 49.5. The highest BCUT2D eigenvalue weighted by Crippen LogP contribution is 2.47. The minimum atomic E-state index is -1.06. The Morgan fingerprint density at radius 1 is 0.810 bits per heavy atom. The highest BCUT2D eigenvalue weighted by Gasteiger charge is 2.57. The van der Waals surface area contributed by atoms with Gasteiger partial charge in [0, 0.05) is 11.8 Å². The van der Waals surface area contributed by atoms with Crippen molar-refractivity contribution in [2.75, 3.05) is 0 Å². The van der Waals surface area contributed by atoms with Gasteiger partial charge in [-0.1, -0.05) is 0 Å². The molecule has 2 aliphatic carbocycles. The number of aliphatic hydroxyl groups is 4. The summed E-state index contributed by atoms with van der Waals surface area (Å²) < 4.78 is 5.85. The van der Waals surface area contributed by atoms with Crippen LogP contribution in [0.4, 0.5) is 0 Å². The van der Waals surface area contributed by atoms with E-state index >= 15 is 0 Å². The van der Waals surface area contributed by atoms with Gasteiger partial charge in [0.1, 0.15) is 0 Å². The first kappa shape index (κ1) is 15.2. The van der Waals surface area contributed by atoms with Crippen molar-refractivity contribution < 1.29 is 35.1 Å². The first-order valence-electron chi connectivity index (χ1n) is 7.49. The first-order valence-corrected chi connectivity index (χ1v) is 7.49.